The van der Waals surface area contributed by atoms with E-state index in [0.29, 0.717) is 10.0 Å². The molecule has 0 atom stereocenters. The van der Waals surface area contributed by atoms with Crippen molar-refractivity contribution in [2.75, 3.05) is 13.2 Å². The molecule has 6 heteroatoms. The number of benzene rings is 1. The van der Waals surface area contributed by atoms with Crippen molar-refractivity contribution >= 4 is 21.7 Å². The number of ether oxygens (including phenoxy) is 1. The van der Waals surface area contributed by atoms with Crippen LogP contribution in [0.5, 0.6) is 0 Å². The second-order valence-electron chi connectivity index (χ2n) is 3.67. The average molecular weight is 325 g/mol. The number of ketones is 1. The van der Waals surface area contributed by atoms with Crippen LogP contribution >= 0.6 is 15.9 Å². The Morgan fingerprint density at radius 2 is 2.11 bits per heavy atom. The van der Waals surface area contributed by atoms with Gasteiger partial charge in [0, 0.05) is 17.3 Å². The van der Waals surface area contributed by atoms with Crippen LogP contribution in [0, 0.1) is 5.82 Å². The molecule has 1 aromatic rings. The van der Waals surface area contributed by atoms with E-state index in [4.69, 9.17) is 0 Å². The number of carbonyl (C=O) groups excluding carboxylic acids is 1. The molecule has 18 heavy (non-hydrogen) atoms. The van der Waals surface area contributed by atoms with Gasteiger partial charge in [-0.1, -0.05) is 22.0 Å². The lowest BCUT2D eigenvalue weighted by molar-refractivity contribution is -0.119. The molecule has 0 bridgehead atoms. The second-order valence-corrected chi connectivity index (χ2v) is 4.52. The third-order valence-electron chi connectivity index (χ3n) is 2.17. The zero-order valence-electron chi connectivity index (χ0n) is 9.47. The highest BCUT2D eigenvalue weighted by Gasteiger charge is 2.09. The van der Waals surface area contributed by atoms with Crippen molar-refractivity contribution in [3.8, 4) is 0 Å². The van der Waals surface area contributed by atoms with Gasteiger partial charge in [-0.25, -0.2) is 13.2 Å². The SMILES string of the molecule is O=C(CCOCC(F)F)Cc1ccc(F)cc1Br. The Balaban J connectivity index is 2.35. The highest BCUT2D eigenvalue weighted by Crippen LogP contribution is 2.19. The first kappa shape index (κ1) is 15.2. The van der Waals surface area contributed by atoms with Crippen molar-refractivity contribution in [2.24, 2.45) is 0 Å². The van der Waals surface area contributed by atoms with Gasteiger partial charge in [-0.15, -0.1) is 0 Å². The molecule has 0 saturated carbocycles. The van der Waals surface area contributed by atoms with Gasteiger partial charge in [0.05, 0.1) is 6.61 Å². The maximum absolute atomic E-state index is 12.8. The lowest BCUT2D eigenvalue weighted by Gasteiger charge is -2.05. The molecule has 2 nitrogen and oxygen atoms in total. The van der Waals surface area contributed by atoms with E-state index in [1.807, 2.05) is 0 Å². The van der Waals surface area contributed by atoms with E-state index < -0.39 is 18.8 Å². The van der Waals surface area contributed by atoms with Crippen LogP contribution in [0.25, 0.3) is 0 Å². The first-order valence-electron chi connectivity index (χ1n) is 5.30. The van der Waals surface area contributed by atoms with E-state index in [-0.39, 0.29) is 25.2 Å². The number of rotatable bonds is 7. The minimum Gasteiger partial charge on any atom is -0.375 e. The Bertz CT molecular complexity index is 410. The van der Waals surface area contributed by atoms with Crippen LogP contribution in [0.3, 0.4) is 0 Å². The molecule has 0 aromatic heterocycles. The molecule has 0 N–H and O–H groups in total. The minimum atomic E-state index is -2.52. The molecule has 0 fully saturated rings. The van der Waals surface area contributed by atoms with Crippen LogP contribution < -0.4 is 0 Å². The van der Waals surface area contributed by atoms with E-state index in [1.165, 1.54) is 18.2 Å². The predicted octanol–water partition coefficient (Wildman–Crippen LogP) is 3.37. The van der Waals surface area contributed by atoms with Crippen molar-refractivity contribution in [3.05, 3.63) is 34.1 Å². The number of Topliss-reactive ketones (excluding diaryl/α,β-unsaturated/α-hetero) is 1. The summed E-state index contributed by atoms with van der Waals surface area (Å²) in [6.45, 7) is -0.685. The number of halogens is 4. The van der Waals surface area contributed by atoms with Gasteiger partial charge in [0.15, 0.2) is 0 Å². The van der Waals surface area contributed by atoms with Gasteiger partial charge in [0.1, 0.15) is 18.2 Å². The zero-order chi connectivity index (χ0) is 13.5. The van der Waals surface area contributed by atoms with Gasteiger partial charge in [0.2, 0.25) is 0 Å². The van der Waals surface area contributed by atoms with Crippen molar-refractivity contribution in [1.29, 1.82) is 0 Å². The fourth-order valence-electron chi connectivity index (χ4n) is 1.32. The highest BCUT2D eigenvalue weighted by atomic mass is 79.9. The van der Waals surface area contributed by atoms with Crippen LogP contribution in [0.4, 0.5) is 13.2 Å². The molecule has 100 valence electrons. The lowest BCUT2D eigenvalue weighted by atomic mass is 10.1. The molecule has 0 aliphatic heterocycles. The number of alkyl halides is 2. The summed E-state index contributed by atoms with van der Waals surface area (Å²) in [7, 11) is 0. The first-order valence-corrected chi connectivity index (χ1v) is 6.10. The molecule has 0 aliphatic rings. The average Bonchev–Trinajstić information content (AvgIpc) is 2.28. The molecule has 0 heterocycles. The number of hydrogen-bond donors (Lipinski definition) is 0. The van der Waals surface area contributed by atoms with Gasteiger partial charge in [-0.05, 0) is 17.7 Å². The first-order chi connectivity index (χ1) is 8.49. The Kier molecular flexibility index (Phi) is 6.35. The summed E-state index contributed by atoms with van der Waals surface area (Å²) in [5.41, 5.74) is 0.662. The van der Waals surface area contributed by atoms with Gasteiger partial charge < -0.3 is 4.74 Å². The van der Waals surface area contributed by atoms with Crippen molar-refractivity contribution < 1.29 is 22.7 Å². The van der Waals surface area contributed by atoms with Crippen LogP contribution in [-0.4, -0.2) is 25.4 Å². The molecule has 0 amide bonds. The summed E-state index contributed by atoms with van der Waals surface area (Å²) in [6.07, 6.45) is -2.33. The van der Waals surface area contributed by atoms with E-state index in [9.17, 15) is 18.0 Å². The zero-order valence-corrected chi connectivity index (χ0v) is 11.1. The maximum Gasteiger partial charge on any atom is 0.261 e. The number of hydrogen-bond acceptors (Lipinski definition) is 2. The number of carbonyl (C=O) groups is 1. The van der Waals surface area contributed by atoms with Crippen LogP contribution in [-0.2, 0) is 16.0 Å². The fourth-order valence-corrected chi connectivity index (χ4v) is 1.82. The van der Waals surface area contributed by atoms with Gasteiger partial charge in [0.25, 0.3) is 6.43 Å². The van der Waals surface area contributed by atoms with E-state index in [1.54, 1.807) is 0 Å². The summed E-state index contributed by atoms with van der Waals surface area (Å²) < 4.78 is 41.4. The molecule has 0 aliphatic carbocycles. The Labute approximate surface area is 111 Å². The Hall–Kier alpha value is -0.880. The van der Waals surface area contributed by atoms with E-state index in [0.717, 1.165) is 0 Å². The molecule has 0 unspecified atom stereocenters. The largest absolute Gasteiger partial charge is 0.375 e. The topological polar surface area (TPSA) is 26.3 Å². The molecule has 0 spiro atoms. The molecule has 0 radical (unpaired) electrons. The highest BCUT2D eigenvalue weighted by molar-refractivity contribution is 9.10. The quantitative estimate of drug-likeness (QED) is 0.719. The van der Waals surface area contributed by atoms with E-state index in [2.05, 4.69) is 20.7 Å². The Morgan fingerprint density at radius 1 is 1.39 bits per heavy atom. The van der Waals surface area contributed by atoms with Crippen molar-refractivity contribution in [2.45, 2.75) is 19.3 Å². The fraction of sp³-hybridized carbons (Fsp3) is 0.417. The molecule has 1 aromatic carbocycles. The second kappa shape index (κ2) is 7.53. The smallest absolute Gasteiger partial charge is 0.261 e. The van der Waals surface area contributed by atoms with Crippen molar-refractivity contribution in [3.63, 3.8) is 0 Å². The summed E-state index contributed by atoms with van der Waals surface area (Å²) in [5, 5.41) is 0. The molecular weight excluding hydrogens is 313 g/mol. The van der Waals surface area contributed by atoms with Crippen LogP contribution in [0.2, 0.25) is 0 Å². The molecule has 0 saturated heterocycles. The third-order valence-corrected chi connectivity index (χ3v) is 2.91. The molecule has 1 rings (SSSR count). The van der Waals surface area contributed by atoms with Gasteiger partial charge in [-0.2, -0.15) is 0 Å². The third kappa shape index (κ3) is 5.64. The standard InChI is InChI=1S/C12H12BrF3O2/c13-11-6-9(14)2-1-8(11)5-10(17)3-4-18-7-12(15)16/h1-2,6,12H,3-5,7H2. The van der Waals surface area contributed by atoms with Crippen LogP contribution in [0.1, 0.15) is 12.0 Å². The Morgan fingerprint density at radius 3 is 2.72 bits per heavy atom. The summed E-state index contributed by atoms with van der Waals surface area (Å²) in [5.74, 6) is -0.532. The normalized spacial score (nSPS) is 10.9. The lowest BCUT2D eigenvalue weighted by Crippen LogP contribution is -2.11. The van der Waals surface area contributed by atoms with Crippen molar-refractivity contribution in [1.82, 2.24) is 0 Å². The summed E-state index contributed by atoms with van der Waals surface area (Å²) >= 11 is 3.15. The van der Waals surface area contributed by atoms with Crippen LogP contribution in [0.15, 0.2) is 22.7 Å². The minimum absolute atomic E-state index is 0.0258. The monoisotopic (exact) mass is 324 g/mol. The van der Waals surface area contributed by atoms with E-state index >= 15 is 0 Å². The summed E-state index contributed by atoms with van der Waals surface area (Å²) in [4.78, 5) is 11.5. The van der Waals surface area contributed by atoms with Gasteiger partial charge in [-0.3, -0.25) is 4.79 Å². The summed E-state index contributed by atoms with van der Waals surface area (Å²) in [6, 6.07) is 4.05. The predicted molar refractivity (Wildman–Crippen MR) is 64.3 cm³/mol. The van der Waals surface area contributed by atoms with Gasteiger partial charge >= 0.3 is 0 Å². The maximum atomic E-state index is 12.8. The molecular formula is C12H12BrF3O2.